The molecule has 1 aromatic heterocycles. The molecule has 0 aliphatic carbocycles. The van der Waals surface area contributed by atoms with Crippen LogP contribution in [0.1, 0.15) is 15.9 Å². The van der Waals surface area contributed by atoms with Crippen molar-refractivity contribution in [2.24, 2.45) is 5.10 Å². The molecular weight excluding hydrogens is 470 g/mol. The number of hydrogen-bond acceptors (Lipinski definition) is 7. The molecule has 1 aliphatic rings. The Labute approximate surface area is 206 Å². The summed E-state index contributed by atoms with van der Waals surface area (Å²) >= 11 is 6.29. The third-order valence-corrected chi connectivity index (χ3v) is 5.83. The molecule has 0 spiro atoms. The van der Waals surface area contributed by atoms with E-state index in [1.165, 1.54) is 6.21 Å². The smallest absolute Gasteiger partial charge is 0.272 e. The van der Waals surface area contributed by atoms with Gasteiger partial charge in [-0.05, 0) is 30.3 Å². The van der Waals surface area contributed by atoms with Gasteiger partial charge in [-0.15, -0.1) is 0 Å². The number of carbonyl (C=O) groups is 1. The summed E-state index contributed by atoms with van der Waals surface area (Å²) in [6.45, 7) is 0.138. The van der Waals surface area contributed by atoms with E-state index in [4.69, 9.17) is 35.5 Å². The Bertz CT molecular complexity index is 1470. The van der Waals surface area contributed by atoms with Gasteiger partial charge in [0.1, 0.15) is 11.5 Å². The van der Waals surface area contributed by atoms with Gasteiger partial charge in [-0.1, -0.05) is 29.8 Å². The lowest BCUT2D eigenvalue weighted by Gasteiger charge is -2.12. The fourth-order valence-electron chi connectivity index (χ4n) is 3.76. The predicted octanol–water partition coefficient (Wildman–Crippen LogP) is 5.07. The van der Waals surface area contributed by atoms with Gasteiger partial charge >= 0.3 is 0 Å². The molecule has 3 aromatic carbocycles. The summed E-state index contributed by atoms with van der Waals surface area (Å²) in [7, 11) is 3.16. The minimum atomic E-state index is -0.398. The molecular formula is C26H20ClN3O5. The molecule has 2 heterocycles. The predicted molar refractivity (Wildman–Crippen MR) is 133 cm³/mol. The SMILES string of the molecule is COc1ccc(-c2cc(C(=O)N/N=C/c3cc4c(cc3Cl)OCO4)c3ccccc3n2)c(OC)c1. The monoisotopic (exact) mass is 489 g/mol. The molecule has 1 N–H and O–H groups in total. The number of methoxy groups -OCH3 is 2. The van der Waals surface area contributed by atoms with E-state index in [1.54, 1.807) is 38.5 Å². The van der Waals surface area contributed by atoms with Crippen LogP contribution >= 0.6 is 11.6 Å². The number of rotatable bonds is 6. The minimum absolute atomic E-state index is 0.138. The molecule has 0 radical (unpaired) electrons. The highest BCUT2D eigenvalue weighted by molar-refractivity contribution is 6.33. The van der Waals surface area contributed by atoms with E-state index in [2.05, 4.69) is 10.5 Å². The summed E-state index contributed by atoms with van der Waals surface area (Å²) in [6.07, 6.45) is 1.46. The number of carbonyl (C=O) groups excluding carboxylic acids is 1. The molecule has 0 atom stereocenters. The van der Waals surface area contributed by atoms with E-state index in [0.29, 0.717) is 55.7 Å². The Morgan fingerprint density at radius 1 is 1.06 bits per heavy atom. The molecule has 35 heavy (non-hydrogen) atoms. The number of nitrogens with one attached hydrogen (secondary N) is 1. The van der Waals surface area contributed by atoms with Crippen molar-refractivity contribution in [3.63, 3.8) is 0 Å². The van der Waals surface area contributed by atoms with Gasteiger partial charge in [0.05, 0.1) is 42.2 Å². The van der Waals surface area contributed by atoms with Crippen LogP contribution in [-0.4, -0.2) is 38.1 Å². The molecule has 0 saturated heterocycles. The van der Waals surface area contributed by atoms with Crippen LogP contribution in [0.15, 0.2) is 65.8 Å². The quantitative estimate of drug-likeness (QED) is 0.300. The summed E-state index contributed by atoms with van der Waals surface area (Å²) in [5, 5.41) is 5.22. The second-order valence-corrected chi connectivity index (χ2v) is 7.97. The zero-order chi connectivity index (χ0) is 24.4. The Morgan fingerprint density at radius 2 is 1.86 bits per heavy atom. The Balaban J connectivity index is 1.48. The van der Waals surface area contributed by atoms with Crippen molar-refractivity contribution in [1.29, 1.82) is 0 Å². The van der Waals surface area contributed by atoms with E-state index < -0.39 is 5.91 Å². The van der Waals surface area contributed by atoms with Gasteiger partial charge in [-0.2, -0.15) is 5.10 Å². The third-order valence-electron chi connectivity index (χ3n) is 5.51. The lowest BCUT2D eigenvalue weighted by Crippen LogP contribution is -2.18. The number of hydrazone groups is 1. The maximum atomic E-state index is 13.2. The number of para-hydroxylation sites is 1. The van der Waals surface area contributed by atoms with E-state index in [1.807, 2.05) is 36.4 Å². The standard InChI is InChI=1S/C26H20ClN3O5/c1-32-16-7-8-18(23(10-16)33-2)22-11-19(17-5-3-4-6-21(17)29-22)26(31)30-28-13-15-9-24-25(12-20(15)27)35-14-34-24/h3-13H,14H2,1-2H3,(H,30,31)/b28-13+. The molecule has 9 heteroatoms. The van der Waals surface area contributed by atoms with Gasteiger partial charge in [0.15, 0.2) is 11.5 Å². The van der Waals surface area contributed by atoms with E-state index >= 15 is 0 Å². The van der Waals surface area contributed by atoms with Crippen LogP contribution in [0.25, 0.3) is 22.2 Å². The lowest BCUT2D eigenvalue weighted by atomic mass is 10.0. The molecule has 8 nitrogen and oxygen atoms in total. The van der Waals surface area contributed by atoms with Crippen LogP contribution in [0.3, 0.4) is 0 Å². The maximum Gasteiger partial charge on any atom is 0.272 e. The third kappa shape index (κ3) is 4.43. The highest BCUT2D eigenvalue weighted by atomic mass is 35.5. The number of benzene rings is 3. The number of hydrogen-bond donors (Lipinski definition) is 1. The van der Waals surface area contributed by atoms with Crippen LogP contribution in [-0.2, 0) is 0 Å². The van der Waals surface area contributed by atoms with Crippen LogP contribution in [0, 0.1) is 0 Å². The van der Waals surface area contributed by atoms with Gasteiger partial charge < -0.3 is 18.9 Å². The van der Waals surface area contributed by atoms with Crippen LogP contribution in [0.4, 0.5) is 0 Å². The Hall–Kier alpha value is -4.30. The minimum Gasteiger partial charge on any atom is -0.497 e. The molecule has 4 aromatic rings. The first kappa shape index (κ1) is 22.5. The maximum absolute atomic E-state index is 13.2. The summed E-state index contributed by atoms with van der Waals surface area (Å²) < 4.78 is 21.5. The zero-order valence-electron chi connectivity index (χ0n) is 18.9. The van der Waals surface area contributed by atoms with Gasteiger partial charge in [0, 0.05) is 28.6 Å². The normalized spacial score (nSPS) is 12.2. The molecule has 0 bridgehead atoms. The van der Waals surface area contributed by atoms with Gasteiger partial charge in [-0.3, -0.25) is 4.79 Å². The second kappa shape index (κ2) is 9.52. The first-order valence-corrected chi connectivity index (χ1v) is 11.0. The van der Waals surface area contributed by atoms with Crippen molar-refractivity contribution in [2.45, 2.75) is 0 Å². The number of ether oxygens (including phenoxy) is 4. The first-order chi connectivity index (χ1) is 17.1. The summed E-state index contributed by atoms with van der Waals surface area (Å²) in [5.41, 5.74) is 5.55. The number of aromatic nitrogens is 1. The largest absolute Gasteiger partial charge is 0.497 e. The highest BCUT2D eigenvalue weighted by Crippen LogP contribution is 2.36. The highest BCUT2D eigenvalue weighted by Gasteiger charge is 2.18. The molecule has 0 unspecified atom stereocenters. The molecule has 5 rings (SSSR count). The lowest BCUT2D eigenvalue weighted by molar-refractivity contribution is 0.0956. The van der Waals surface area contributed by atoms with E-state index in [9.17, 15) is 4.79 Å². The van der Waals surface area contributed by atoms with Crippen LogP contribution < -0.4 is 24.4 Å². The average molecular weight is 490 g/mol. The fraction of sp³-hybridized carbons (Fsp3) is 0.115. The number of amides is 1. The van der Waals surface area contributed by atoms with Crippen molar-refractivity contribution in [1.82, 2.24) is 10.4 Å². The van der Waals surface area contributed by atoms with Crippen molar-refractivity contribution in [3.8, 4) is 34.3 Å². The van der Waals surface area contributed by atoms with Gasteiger partial charge in [0.25, 0.3) is 5.91 Å². The first-order valence-electron chi connectivity index (χ1n) is 10.6. The Morgan fingerprint density at radius 3 is 2.66 bits per heavy atom. The molecule has 0 saturated carbocycles. The van der Waals surface area contributed by atoms with Crippen molar-refractivity contribution < 1.29 is 23.7 Å². The van der Waals surface area contributed by atoms with E-state index in [0.717, 1.165) is 5.56 Å². The molecule has 1 amide bonds. The van der Waals surface area contributed by atoms with E-state index in [-0.39, 0.29) is 6.79 Å². The van der Waals surface area contributed by atoms with Crippen molar-refractivity contribution in [3.05, 3.63) is 76.8 Å². The number of fused-ring (bicyclic) bond motifs is 2. The molecule has 1 aliphatic heterocycles. The summed E-state index contributed by atoms with van der Waals surface area (Å²) in [6, 6.07) is 17.9. The summed E-state index contributed by atoms with van der Waals surface area (Å²) in [4.78, 5) is 17.9. The van der Waals surface area contributed by atoms with Crippen molar-refractivity contribution >= 4 is 34.6 Å². The van der Waals surface area contributed by atoms with Crippen molar-refractivity contribution in [2.75, 3.05) is 21.0 Å². The Kier molecular flexibility index (Phi) is 6.12. The van der Waals surface area contributed by atoms with Gasteiger partial charge in [0.2, 0.25) is 6.79 Å². The fourth-order valence-corrected chi connectivity index (χ4v) is 3.97. The number of nitrogens with zero attached hydrogens (tertiary/aromatic N) is 2. The molecule has 176 valence electrons. The second-order valence-electron chi connectivity index (χ2n) is 7.56. The number of halogens is 1. The summed E-state index contributed by atoms with van der Waals surface area (Å²) in [5.74, 6) is 1.97. The van der Waals surface area contributed by atoms with Crippen LogP contribution in [0.2, 0.25) is 5.02 Å². The topological polar surface area (TPSA) is 91.3 Å². The van der Waals surface area contributed by atoms with Gasteiger partial charge in [-0.25, -0.2) is 10.4 Å². The zero-order valence-corrected chi connectivity index (χ0v) is 19.6. The average Bonchev–Trinajstić information content (AvgIpc) is 3.34. The van der Waals surface area contributed by atoms with Crippen LogP contribution in [0.5, 0.6) is 23.0 Å². The number of pyridine rings is 1. The molecule has 0 fully saturated rings.